The monoisotopic (exact) mass is 404 g/mol. The van der Waals surface area contributed by atoms with Crippen molar-refractivity contribution in [3.05, 3.63) is 74.7 Å². The van der Waals surface area contributed by atoms with Gasteiger partial charge < -0.3 is 9.88 Å². The first-order chi connectivity index (χ1) is 14.6. The summed E-state index contributed by atoms with van der Waals surface area (Å²) in [6, 6.07) is 10.2. The summed E-state index contributed by atoms with van der Waals surface area (Å²) in [5, 5.41) is 0.629. The first-order valence-electron chi connectivity index (χ1n) is 10.6. The third-order valence-electron chi connectivity index (χ3n) is 6.37. The van der Waals surface area contributed by atoms with Crippen LogP contribution >= 0.6 is 0 Å². The molecule has 1 amide bonds. The van der Waals surface area contributed by atoms with Crippen LogP contribution in [0.2, 0.25) is 0 Å². The second-order valence-corrected chi connectivity index (χ2v) is 8.20. The molecular weight excluding hydrogens is 380 g/mol. The van der Waals surface area contributed by atoms with Gasteiger partial charge in [-0.25, -0.2) is 4.98 Å². The number of nitrogens with one attached hydrogen (secondary N) is 1. The molecule has 3 aromatic rings. The van der Waals surface area contributed by atoms with E-state index >= 15 is 0 Å². The van der Waals surface area contributed by atoms with Crippen LogP contribution in [0.3, 0.4) is 0 Å². The lowest BCUT2D eigenvalue weighted by atomic mass is 10.1. The van der Waals surface area contributed by atoms with Crippen molar-refractivity contribution in [2.45, 2.75) is 50.6 Å². The van der Waals surface area contributed by atoms with Crippen molar-refractivity contribution in [2.75, 3.05) is 6.54 Å². The maximum atomic E-state index is 13.5. The van der Waals surface area contributed by atoms with E-state index in [-0.39, 0.29) is 29.1 Å². The Labute approximate surface area is 173 Å². The van der Waals surface area contributed by atoms with E-state index in [1.807, 2.05) is 28.8 Å². The van der Waals surface area contributed by atoms with Crippen molar-refractivity contribution in [2.24, 2.45) is 0 Å². The van der Waals surface area contributed by atoms with Gasteiger partial charge in [0, 0.05) is 24.8 Å². The minimum atomic E-state index is -0.248. The van der Waals surface area contributed by atoms with E-state index in [9.17, 15) is 14.4 Å². The molecule has 0 spiro atoms. The van der Waals surface area contributed by atoms with Crippen molar-refractivity contribution < 1.29 is 4.79 Å². The minimum absolute atomic E-state index is 0.00848. The summed E-state index contributed by atoms with van der Waals surface area (Å²) in [5.74, 6) is 0.551. The Morgan fingerprint density at radius 1 is 1.00 bits per heavy atom. The van der Waals surface area contributed by atoms with Crippen LogP contribution in [0, 0.1) is 0 Å². The fourth-order valence-corrected chi connectivity index (χ4v) is 4.90. The van der Waals surface area contributed by atoms with E-state index in [1.54, 1.807) is 11.0 Å². The largest absolute Gasteiger partial charge is 0.328 e. The summed E-state index contributed by atoms with van der Waals surface area (Å²) in [6.45, 7) is 0.607. The Bertz CT molecular complexity index is 1200. The number of fused-ring (bicyclic) bond motifs is 1. The molecule has 1 aliphatic heterocycles. The Morgan fingerprint density at radius 2 is 1.80 bits per heavy atom. The van der Waals surface area contributed by atoms with E-state index in [0.717, 1.165) is 38.5 Å². The number of rotatable bonds is 3. The molecule has 1 N–H and O–H groups in total. The van der Waals surface area contributed by atoms with Crippen molar-refractivity contribution in [1.29, 1.82) is 0 Å². The van der Waals surface area contributed by atoms with Crippen LogP contribution in [0.5, 0.6) is 0 Å². The summed E-state index contributed by atoms with van der Waals surface area (Å²) in [5.41, 5.74) is 0.869. The van der Waals surface area contributed by atoms with Crippen LogP contribution in [-0.4, -0.2) is 31.9 Å². The lowest BCUT2D eigenvalue weighted by Gasteiger charge is -2.28. The Balaban J connectivity index is 1.62. The third-order valence-corrected chi connectivity index (χ3v) is 6.37. The highest BCUT2D eigenvalue weighted by molar-refractivity contribution is 5.94. The third kappa shape index (κ3) is 3.14. The van der Waals surface area contributed by atoms with Crippen molar-refractivity contribution in [3.8, 4) is 0 Å². The second-order valence-electron chi connectivity index (χ2n) is 8.20. The highest BCUT2D eigenvalue weighted by Gasteiger charge is 2.35. The molecule has 2 aromatic heterocycles. The SMILES string of the molecule is O=C(c1ccc(=O)[nH]c1)N1CCCC1c1nc2ccccc2c(=O)n1C1CCCC1. The van der Waals surface area contributed by atoms with Crippen LogP contribution in [-0.2, 0) is 0 Å². The number of hydrogen-bond acceptors (Lipinski definition) is 4. The molecule has 1 atom stereocenters. The van der Waals surface area contributed by atoms with Gasteiger partial charge in [0.05, 0.1) is 22.5 Å². The molecule has 1 unspecified atom stereocenters. The first-order valence-corrected chi connectivity index (χ1v) is 10.6. The average Bonchev–Trinajstić information content (AvgIpc) is 3.46. The number of nitrogens with zero attached hydrogens (tertiary/aromatic N) is 3. The van der Waals surface area contributed by atoms with Gasteiger partial charge in [-0.2, -0.15) is 0 Å². The molecule has 2 fully saturated rings. The molecule has 7 nitrogen and oxygen atoms in total. The number of carbonyl (C=O) groups excluding carboxylic acids is 1. The molecule has 1 aliphatic carbocycles. The fourth-order valence-electron chi connectivity index (χ4n) is 4.90. The molecule has 0 bridgehead atoms. The van der Waals surface area contributed by atoms with Crippen LogP contribution < -0.4 is 11.1 Å². The van der Waals surface area contributed by atoms with E-state index in [0.29, 0.717) is 28.8 Å². The number of carbonyl (C=O) groups is 1. The summed E-state index contributed by atoms with van der Waals surface area (Å²) in [6.07, 6.45) is 7.22. The molecule has 1 aromatic carbocycles. The molecule has 2 aliphatic rings. The second kappa shape index (κ2) is 7.55. The molecule has 154 valence electrons. The quantitative estimate of drug-likeness (QED) is 0.726. The zero-order chi connectivity index (χ0) is 20.7. The van der Waals surface area contributed by atoms with E-state index in [1.165, 1.54) is 12.3 Å². The molecule has 0 radical (unpaired) electrons. The number of amides is 1. The fraction of sp³-hybridized carbons (Fsp3) is 0.391. The van der Waals surface area contributed by atoms with Gasteiger partial charge in [-0.15, -0.1) is 0 Å². The van der Waals surface area contributed by atoms with E-state index in [2.05, 4.69) is 4.98 Å². The average molecular weight is 404 g/mol. The Kier molecular flexibility index (Phi) is 4.73. The molecule has 5 rings (SSSR count). The van der Waals surface area contributed by atoms with Crippen LogP contribution in [0.25, 0.3) is 10.9 Å². The summed E-state index contributed by atoms with van der Waals surface area (Å²) in [7, 11) is 0. The van der Waals surface area contributed by atoms with Crippen LogP contribution in [0.1, 0.15) is 66.8 Å². The molecule has 1 saturated carbocycles. The van der Waals surface area contributed by atoms with Gasteiger partial charge in [-0.3, -0.25) is 19.0 Å². The van der Waals surface area contributed by atoms with Crippen LogP contribution in [0.4, 0.5) is 0 Å². The highest BCUT2D eigenvalue weighted by atomic mass is 16.2. The number of aromatic amines is 1. The lowest BCUT2D eigenvalue weighted by molar-refractivity contribution is 0.0724. The number of hydrogen-bond donors (Lipinski definition) is 1. The first kappa shape index (κ1) is 18.8. The number of H-pyrrole nitrogens is 1. The normalized spacial score (nSPS) is 19.6. The van der Waals surface area contributed by atoms with Gasteiger partial charge >= 0.3 is 0 Å². The number of benzene rings is 1. The van der Waals surface area contributed by atoms with Gasteiger partial charge in [0.15, 0.2) is 0 Å². The number of pyridine rings is 1. The Morgan fingerprint density at radius 3 is 2.57 bits per heavy atom. The van der Waals surface area contributed by atoms with Gasteiger partial charge in [-0.1, -0.05) is 25.0 Å². The van der Waals surface area contributed by atoms with Crippen molar-refractivity contribution in [3.63, 3.8) is 0 Å². The molecule has 30 heavy (non-hydrogen) atoms. The van der Waals surface area contributed by atoms with Crippen molar-refractivity contribution in [1.82, 2.24) is 19.4 Å². The number of likely N-dealkylation sites (tertiary alicyclic amines) is 1. The molecule has 3 heterocycles. The van der Waals surface area contributed by atoms with Gasteiger partial charge in [0.25, 0.3) is 11.5 Å². The summed E-state index contributed by atoms with van der Waals surface area (Å²) < 4.78 is 1.87. The maximum absolute atomic E-state index is 13.5. The minimum Gasteiger partial charge on any atom is -0.328 e. The van der Waals surface area contributed by atoms with Crippen molar-refractivity contribution >= 4 is 16.8 Å². The van der Waals surface area contributed by atoms with E-state index in [4.69, 9.17) is 4.98 Å². The van der Waals surface area contributed by atoms with Gasteiger partial charge in [0.2, 0.25) is 5.56 Å². The molecule has 7 heteroatoms. The summed E-state index contributed by atoms with van der Waals surface area (Å²) >= 11 is 0. The van der Waals surface area contributed by atoms with Crippen LogP contribution in [0.15, 0.2) is 52.2 Å². The number of aromatic nitrogens is 3. The maximum Gasteiger partial charge on any atom is 0.261 e. The standard InChI is InChI=1S/C23H24N4O3/c28-20-12-11-15(14-24-20)22(29)26-13-5-10-19(26)21-25-18-9-4-3-8-17(18)23(30)27(21)16-6-1-2-7-16/h3-4,8-9,11-12,14,16,19H,1-2,5-7,10,13H2,(H,24,28). The predicted molar refractivity (Wildman–Crippen MR) is 114 cm³/mol. The topological polar surface area (TPSA) is 88.1 Å². The lowest BCUT2D eigenvalue weighted by Crippen LogP contribution is -2.36. The smallest absolute Gasteiger partial charge is 0.261 e. The number of para-hydroxylation sites is 1. The van der Waals surface area contributed by atoms with E-state index < -0.39 is 0 Å². The van der Waals surface area contributed by atoms with Gasteiger partial charge in [0.1, 0.15) is 5.82 Å². The highest BCUT2D eigenvalue weighted by Crippen LogP contribution is 2.36. The zero-order valence-corrected chi connectivity index (χ0v) is 16.7. The summed E-state index contributed by atoms with van der Waals surface area (Å²) in [4.78, 5) is 47.3. The predicted octanol–water partition coefficient (Wildman–Crippen LogP) is 3.18. The molecule has 1 saturated heterocycles. The zero-order valence-electron chi connectivity index (χ0n) is 16.7. The Hall–Kier alpha value is -3.22. The van der Waals surface area contributed by atoms with Gasteiger partial charge in [-0.05, 0) is 43.9 Å². The molecular formula is C23H24N4O3.